The molecule has 0 spiro atoms. The van der Waals surface area contributed by atoms with Crippen molar-refractivity contribution >= 4 is 29.3 Å². The van der Waals surface area contributed by atoms with Gasteiger partial charge >= 0.3 is 11.7 Å². The van der Waals surface area contributed by atoms with E-state index in [1.54, 1.807) is 12.1 Å². The number of carboxylic acids is 1. The summed E-state index contributed by atoms with van der Waals surface area (Å²) in [4.78, 5) is 51.2. The Morgan fingerprint density at radius 2 is 1.97 bits per heavy atom. The number of hydrogen-bond donors (Lipinski definition) is 2. The number of fused-ring (bicyclic) bond motifs is 1. The second-order valence-corrected chi connectivity index (χ2v) is 6.64. The number of imidazole rings is 1. The molecule has 0 aliphatic carbocycles. The maximum Gasteiger partial charge on any atom is 0.341 e. The van der Waals surface area contributed by atoms with Gasteiger partial charge in [0, 0.05) is 14.1 Å². The Balaban J connectivity index is 1.71. The van der Waals surface area contributed by atoms with E-state index in [0.29, 0.717) is 11.3 Å². The number of carboxylic acid groups (broad SMARTS) is 1. The SMILES string of the molecule is COc1cc(C=NNC(=O)Cn2cnc3c(=O)n(C)c(=O)n(C)c32)ccc1OCC(=O)O. The predicted molar refractivity (Wildman–Crippen MR) is 112 cm³/mol. The number of aliphatic carboxylic acids is 1. The third-order valence-electron chi connectivity index (χ3n) is 4.46. The predicted octanol–water partition coefficient (Wildman–Crippen LogP) is -0.944. The number of rotatable bonds is 8. The van der Waals surface area contributed by atoms with Gasteiger partial charge in [-0.05, 0) is 23.8 Å². The van der Waals surface area contributed by atoms with E-state index in [-0.39, 0.29) is 23.5 Å². The summed E-state index contributed by atoms with van der Waals surface area (Å²) in [5.74, 6) is -1.08. The van der Waals surface area contributed by atoms with Crippen molar-refractivity contribution < 1.29 is 24.2 Å². The number of aryl methyl sites for hydroxylation is 1. The Morgan fingerprint density at radius 1 is 1.22 bits per heavy atom. The molecule has 3 aromatic rings. The zero-order valence-corrected chi connectivity index (χ0v) is 17.4. The van der Waals surface area contributed by atoms with Gasteiger partial charge in [0.05, 0.1) is 19.7 Å². The van der Waals surface area contributed by atoms with Crippen molar-refractivity contribution in [1.29, 1.82) is 0 Å². The number of ether oxygens (including phenoxy) is 2. The Labute approximate surface area is 180 Å². The van der Waals surface area contributed by atoms with E-state index < -0.39 is 29.7 Å². The Bertz CT molecular complexity index is 1330. The van der Waals surface area contributed by atoms with Gasteiger partial charge in [-0.25, -0.2) is 20.0 Å². The normalized spacial score (nSPS) is 11.1. The maximum absolute atomic E-state index is 12.3. The first kappa shape index (κ1) is 22.3. The standard InChI is InChI=1S/C19H20N6O7/c1-23-17-16(18(29)24(2)19(23)30)20-10-25(17)8-14(26)22-21-7-11-4-5-12(13(6-11)31-3)32-9-15(27)28/h4-7,10H,8-9H2,1-3H3,(H,22,26)(H,27,28). The van der Waals surface area contributed by atoms with Crippen molar-refractivity contribution in [3.63, 3.8) is 0 Å². The van der Waals surface area contributed by atoms with Gasteiger partial charge in [-0.15, -0.1) is 0 Å². The van der Waals surface area contributed by atoms with Crippen molar-refractivity contribution in [2.24, 2.45) is 19.2 Å². The first-order chi connectivity index (χ1) is 15.2. The van der Waals surface area contributed by atoms with E-state index in [0.717, 1.165) is 4.57 Å². The summed E-state index contributed by atoms with van der Waals surface area (Å²) >= 11 is 0. The van der Waals surface area contributed by atoms with Gasteiger partial charge in [-0.3, -0.25) is 18.7 Å². The lowest BCUT2D eigenvalue weighted by atomic mass is 10.2. The van der Waals surface area contributed by atoms with Crippen molar-refractivity contribution in [2.45, 2.75) is 6.54 Å². The number of hydrazone groups is 1. The van der Waals surface area contributed by atoms with Crippen LogP contribution in [-0.2, 0) is 30.2 Å². The molecule has 32 heavy (non-hydrogen) atoms. The van der Waals surface area contributed by atoms with Gasteiger partial charge in [0.15, 0.2) is 23.6 Å². The smallest absolute Gasteiger partial charge is 0.341 e. The van der Waals surface area contributed by atoms with Gasteiger partial charge in [-0.2, -0.15) is 5.10 Å². The lowest BCUT2D eigenvalue weighted by Gasteiger charge is -2.09. The Kier molecular flexibility index (Phi) is 6.37. The van der Waals surface area contributed by atoms with Gasteiger partial charge in [-0.1, -0.05) is 0 Å². The summed E-state index contributed by atoms with van der Waals surface area (Å²) < 4.78 is 13.8. The van der Waals surface area contributed by atoms with E-state index in [9.17, 15) is 19.2 Å². The molecular weight excluding hydrogens is 424 g/mol. The minimum absolute atomic E-state index is 0.0724. The number of carbonyl (C=O) groups excluding carboxylic acids is 1. The first-order valence-electron chi connectivity index (χ1n) is 9.18. The summed E-state index contributed by atoms with van der Waals surface area (Å²) in [5, 5.41) is 12.6. The lowest BCUT2D eigenvalue weighted by Crippen LogP contribution is -2.37. The lowest BCUT2D eigenvalue weighted by molar-refractivity contribution is -0.139. The molecule has 0 unspecified atom stereocenters. The molecule has 13 nitrogen and oxygen atoms in total. The summed E-state index contributed by atoms with van der Waals surface area (Å²) in [6.45, 7) is -0.736. The van der Waals surface area contributed by atoms with Crippen molar-refractivity contribution in [3.8, 4) is 11.5 Å². The molecule has 0 fully saturated rings. The quantitative estimate of drug-likeness (QED) is 0.332. The number of benzene rings is 1. The third-order valence-corrected chi connectivity index (χ3v) is 4.46. The van der Waals surface area contributed by atoms with Crippen LogP contribution in [0.3, 0.4) is 0 Å². The molecule has 0 aliphatic rings. The molecule has 3 rings (SSSR count). The van der Waals surface area contributed by atoms with Crippen LogP contribution in [0.25, 0.3) is 11.2 Å². The minimum atomic E-state index is -1.12. The molecule has 0 aliphatic heterocycles. The monoisotopic (exact) mass is 444 g/mol. The number of amides is 1. The van der Waals surface area contributed by atoms with Crippen LogP contribution in [0.5, 0.6) is 11.5 Å². The Hall–Kier alpha value is -4.42. The van der Waals surface area contributed by atoms with Crippen molar-refractivity contribution in [2.75, 3.05) is 13.7 Å². The summed E-state index contributed by atoms with van der Waals surface area (Å²) in [7, 11) is 4.24. The molecule has 0 radical (unpaired) electrons. The fraction of sp³-hybridized carbons (Fsp3) is 0.263. The second-order valence-electron chi connectivity index (χ2n) is 6.64. The first-order valence-corrected chi connectivity index (χ1v) is 9.18. The zero-order valence-electron chi connectivity index (χ0n) is 17.4. The highest BCUT2D eigenvalue weighted by Gasteiger charge is 2.15. The number of nitrogens with zero attached hydrogens (tertiary/aromatic N) is 5. The number of carbonyl (C=O) groups is 2. The van der Waals surface area contributed by atoms with Crippen molar-refractivity contribution in [1.82, 2.24) is 24.1 Å². The molecular formula is C19H20N6O7. The van der Waals surface area contributed by atoms with Crippen LogP contribution in [0.1, 0.15) is 5.56 Å². The molecule has 0 saturated carbocycles. The van der Waals surface area contributed by atoms with Crippen molar-refractivity contribution in [3.05, 3.63) is 50.9 Å². The van der Waals surface area contributed by atoms with Gasteiger partial charge < -0.3 is 19.1 Å². The molecule has 0 bridgehead atoms. The maximum atomic E-state index is 12.3. The summed E-state index contributed by atoms with van der Waals surface area (Å²) in [6, 6.07) is 4.68. The average molecular weight is 444 g/mol. The molecule has 168 valence electrons. The molecule has 13 heteroatoms. The highest BCUT2D eigenvalue weighted by molar-refractivity contribution is 5.84. The minimum Gasteiger partial charge on any atom is -0.493 e. The highest BCUT2D eigenvalue weighted by Crippen LogP contribution is 2.27. The van der Waals surface area contributed by atoms with Crippen LogP contribution in [0.4, 0.5) is 0 Å². The fourth-order valence-electron chi connectivity index (χ4n) is 2.95. The molecule has 1 amide bonds. The number of nitrogens with one attached hydrogen (secondary N) is 1. The van der Waals surface area contributed by atoms with E-state index in [2.05, 4.69) is 15.5 Å². The second kappa shape index (κ2) is 9.16. The van der Waals surface area contributed by atoms with Crippen LogP contribution in [0.2, 0.25) is 0 Å². The van der Waals surface area contributed by atoms with Crippen LogP contribution < -0.4 is 26.1 Å². The fourth-order valence-corrected chi connectivity index (χ4v) is 2.95. The number of hydrogen-bond acceptors (Lipinski definition) is 8. The van der Waals surface area contributed by atoms with Gasteiger partial charge in [0.25, 0.3) is 11.5 Å². The molecule has 0 saturated heterocycles. The highest BCUT2D eigenvalue weighted by atomic mass is 16.5. The molecule has 1 aromatic carbocycles. The van der Waals surface area contributed by atoms with E-state index in [1.807, 2.05) is 0 Å². The van der Waals surface area contributed by atoms with E-state index in [4.69, 9.17) is 14.6 Å². The molecule has 2 heterocycles. The topological polar surface area (TPSA) is 159 Å². The molecule has 2 N–H and O–H groups in total. The number of aromatic nitrogens is 4. The van der Waals surface area contributed by atoms with Crippen LogP contribution in [0, 0.1) is 0 Å². The summed E-state index contributed by atoms with van der Waals surface area (Å²) in [6.07, 6.45) is 2.66. The summed E-state index contributed by atoms with van der Waals surface area (Å²) in [5.41, 5.74) is 2.11. The largest absolute Gasteiger partial charge is 0.493 e. The Morgan fingerprint density at radius 3 is 2.66 bits per heavy atom. The molecule has 2 aromatic heterocycles. The van der Waals surface area contributed by atoms with Crippen LogP contribution in [0.15, 0.2) is 39.2 Å². The van der Waals surface area contributed by atoms with Gasteiger partial charge in [0.2, 0.25) is 0 Å². The van der Waals surface area contributed by atoms with E-state index in [1.165, 1.54) is 48.9 Å². The average Bonchev–Trinajstić information content (AvgIpc) is 3.18. The van der Waals surface area contributed by atoms with Crippen LogP contribution in [-0.4, -0.2) is 55.6 Å². The molecule has 0 atom stereocenters. The zero-order chi connectivity index (χ0) is 23.4. The van der Waals surface area contributed by atoms with Crippen LogP contribution >= 0.6 is 0 Å². The third kappa shape index (κ3) is 4.50. The van der Waals surface area contributed by atoms with E-state index >= 15 is 0 Å². The van der Waals surface area contributed by atoms with Gasteiger partial charge in [0.1, 0.15) is 12.2 Å². The number of methoxy groups -OCH3 is 1.